The zero-order chi connectivity index (χ0) is 29.5. The third-order valence-corrected chi connectivity index (χ3v) is 5.36. The average molecular weight is 562 g/mol. The fourth-order valence-electron chi connectivity index (χ4n) is 3.24. The van der Waals surface area contributed by atoms with Gasteiger partial charge >= 0.3 is 12.4 Å². The molecular weight excluding hydrogens is 542 g/mol. The highest BCUT2D eigenvalue weighted by atomic mass is 35.5. The van der Waals surface area contributed by atoms with E-state index in [2.05, 4.69) is 10.5 Å². The van der Waals surface area contributed by atoms with E-state index in [4.69, 9.17) is 32.2 Å². The summed E-state index contributed by atoms with van der Waals surface area (Å²) in [5.74, 6) is -1.91. The Morgan fingerprint density at radius 2 is 1.75 bits per heavy atom. The summed E-state index contributed by atoms with van der Waals surface area (Å²) in [6.45, 7) is -0.905. The van der Waals surface area contributed by atoms with Crippen LogP contribution in [-0.2, 0) is 15.2 Å². The first-order valence-electron chi connectivity index (χ1n) is 11.4. The number of hydrogen-bond donors (Lipinski definition) is 2. The van der Waals surface area contributed by atoms with Gasteiger partial charge in [-0.2, -0.15) is 26.3 Å². The molecule has 0 radical (unpaired) electrons. The summed E-state index contributed by atoms with van der Waals surface area (Å²) >= 11 is 11.7. The molecule has 1 aliphatic heterocycles. The Kier molecular flexibility index (Phi) is 6.61. The van der Waals surface area contributed by atoms with Crippen molar-refractivity contribution < 1.29 is 44.9 Å². The number of carbonyl (C=O) groups is 2. The van der Waals surface area contributed by atoms with Gasteiger partial charge in [0.15, 0.2) is 0 Å². The minimum absolute atomic E-state index is 0.0181. The molecule has 36 heavy (non-hydrogen) atoms. The fourth-order valence-corrected chi connectivity index (χ4v) is 3.67. The third-order valence-electron chi connectivity index (χ3n) is 4.98. The van der Waals surface area contributed by atoms with Crippen LogP contribution in [0.15, 0.2) is 41.5 Å². The highest BCUT2D eigenvalue weighted by Crippen LogP contribution is 2.49. The number of hydrogen-bond acceptors (Lipinski definition) is 4. The van der Waals surface area contributed by atoms with Gasteiger partial charge in [-0.25, -0.2) is 0 Å². The molecule has 1 unspecified atom stereocenters. The van der Waals surface area contributed by atoms with E-state index in [1.54, 1.807) is 5.32 Å². The normalized spacial score (nSPS) is 19.0. The quantitative estimate of drug-likeness (QED) is 0.285. The van der Waals surface area contributed by atoms with Crippen LogP contribution in [0, 0.1) is 6.92 Å². The Bertz CT molecular complexity index is 1340. The summed E-state index contributed by atoms with van der Waals surface area (Å²) in [7, 11) is 0. The molecule has 6 nitrogen and oxygen atoms in total. The molecule has 194 valence electrons. The lowest BCUT2D eigenvalue weighted by molar-refractivity contribution is -0.275. The SMILES string of the molecule is [2H]c1c(Cl)c([2H])c(C2(C(F)(F)F)CC(c3ccc(C(=O)[15NH][13CH2][13C](=O)NCC(F)(F)F)c(C)c3)=NO2)c([2H])c1Cl. The molecule has 0 bridgehead atoms. The minimum atomic E-state index is -5.21. The first-order chi connectivity index (χ1) is 17.9. The van der Waals surface area contributed by atoms with Crippen molar-refractivity contribution in [3.05, 3.63) is 68.6 Å². The molecule has 0 aromatic heterocycles. The number of amides is 2. The van der Waals surface area contributed by atoms with Gasteiger partial charge in [0, 0.05) is 27.6 Å². The summed E-state index contributed by atoms with van der Waals surface area (Å²) in [5.41, 5.74) is -4.29. The van der Waals surface area contributed by atoms with Crippen LogP contribution in [0.25, 0.3) is 0 Å². The van der Waals surface area contributed by atoms with Gasteiger partial charge in [-0.1, -0.05) is 34.4 Å². The molecule has 1 heterocycles. The van der Waals surface area contributed by atoms with Crippen molar-refractivity contribution in [1.29, 1.82) is 0 Å². The van der Waals surface area contributed by atoms with E-state index in [0.29, 0.717) is 0 Å². The maximum atomic E-state index is 14.4. The van der Waals surface area contributed by atoms with Crippen LogP contribution in [-0.4, -0.2) is 43.0 Å². The molecule has 0 spiro atoms. The van der Waals surface area contributed by atoms with E-state index < -0.39 is 83.0 Å². The van der Waals surface area contributed by atoms with Gasteiger partial charge in [0.2, 0.25) is 5.91 Å². The largest absolute Gasteiger partial charge is 0.435 e. The van der Waals surface area contributed by atoms with E-state index in [9.17, 15) is 35.9 Å². The van der Waals surface area contributed by atoms with Gasteiger partial charge in [0.25, 0.3) is 11.5 Å². The molecule has 0 aliphatic carbocycles. The van der Waals surface area contributed by atoms with Crippen molar-refractivity contribution in [1.82, 2.24) is 10.6 Å². The summed E-state index contributed by atoms with van der Waals surface area (Å²) in [5, 5.41) is 5.86. The van der Waals surface area contributed by atoms with E-state index in [1.807, 2.05) is 0 Å². The molecule has 2 aromatic carbocycles. The Morgan fingerprint density at radius 1 is 1.11 bits per heavy atom. The minimum Gasteiger partial charge on any atom is -0.374 e. The lowest BCUT2D eigenvalue weighted by Crippen LogP contribution is -2.42. The number of alkyl halides is 6. The number of oxime groups is 1. The third kappa shape index (κ3) is 6.22. The molecule has 0 saturated carbocycles. The molecule has 1 atom stereocenters. The Labute approximate surface area is 214 Å². The number of nitrogens with zero attached hydrogens (tertiary/aromatic N) is 1. The van der Waals surface area contributed by atoms with Gasteiger partial charge in [0.05, 0.1) is 16.4 Å². The second-order valence-corrected chi connectivity index (χ2v) is 8.37. The molecule has 3 rings (SSSR count). The Balaban J connectivity index is 1.85. The van der Waals surface area contributed by atoms with E-state index in [1.165, 1.54) is 25.1 Å². The van der Waals surface area contributed by atoms with Crippen LogP contribution < -0.4 is 10.6 Å². The van der Waals surface area contributed by atoms with E-state index in [0.717, 1.165) is 0 Å². The number of halogens is 8. The van der Waals surface area contributed by atoms with Crippen LogP contribution >= 0.6 is 23.2 Å². The molecule has 2 aromatic rings. The predicted molar refractivity (Wildman–Crippen MR) is 119 cm³/mol. The average Bonchev–Trinajstić information content (AvgIpc) is 3.30. The molecule has 1 aliphatic rings. The molecule has 2 N–H and O–H groups in total. The smallest absolute Gasteiger partial charge is 0.374 e. The highest BCUT2D eigenvalue weighted by Gasteiger charge is 2.62. The van der Waals surface area contributed by atoms with Crippen LogP contribution in [0.4, 0.5) is 26.3 Å². The van der Waals surface area contributed by atoms with Gasteiger partial charge < -0.3 is 15.5 Å². The predicted octanol–water partition coefficient (Wildman–Crippen LogP) is 5.29. The van der Waals surface area contributed by atoms with Crippen molar-refractivity contribution in [3.63, 3.8) is 0 Å². The summed E-state index contributed by atoms with van der Waals surface area (Å²) in [4.78, 5) is 28.7. The van der Waals surface area contributed by atoms with Crippen LogP contribution in [0.2, 0.25) is 10.0 Å². The van der Waals surface area contributed by atoms with Crippen molar-refractivity contribution >= 4 is 40.7 Å². The van der Waals surface area contributed by atoms with Crippen molar-refractivity contribution in [2.75, 3.05) is 13.1 Å². The van der Waals surface area contributed by atoms with Gasteiger partial charge in [-0.05, 0) is 48.3 Å². The lowest BCUT2D eigenvalue weighted by atomic mass is 9.86. The maximum absolute atomic E-state index is 14.4. The van der Waals surface area contributed by atoms with Gasteiger partial charge in [-0.3, -0.25) is 9.59 Å². The van der Waals surface area contributed by atoms with Crippen LogP contribution in [0.5, 0.6) is 0 Å². The Morgan fingerprint density at radius 3 is 2.31 bits per heavy atom. The highest BCUT2D eigenvalue weighted by molar-refractivity contribution is 6.34. The fraction of sp³-hybridized carbons (Fsp3) is 0.318. The number of benzene rings is 2. The maximum Gasteiger partial charge on any atom is 0.435 e. The standard InChI is InChI=1S/C22H17Cl2F6N3O3/c1-11-4-12(2-3-16(11)19(35)31-9-18(34)32-10-21(25,26)27)17-8-20(36-33-17,22(28,29)30)13-5-14(23)7-15(24)6-13/h2-7H,8-10H2,1H3,(H,31,35)(H,32,34)/i5D,6D,7D,9+1,18+1,31+1. The van der Waals surface area contributed by atoms with Crippen LogP contribution in [0.3, 0.4) is 0 Å². The topological polar surface area (TPSA) is 79.8 Å². The zero-order valence-corrected chi connectivity index (χ0v) is 19.6. The molecule has 0 saturated heterocycles. The van der Waals surface area contributed by atoms with Crippen molar-refractivity contribution in [2.24, 2.45) is 5.16 Å². The molecule has 2 amide bonds. The van der Waals surface area contributed by atoms with Crippen LogP contribution in [0.1, 0.15) is 37.6 Å². The van der Waals surface area contributed by atoms with E-state index >= 15 is 0 Å². The van der Waals surface area contributed by atoms with E-state index in [-0.39, 0.29) is 22.4 Å². The van der Waals surface area contributed by atoms with Gasteiger partial charge in [0.1, 0.15) is 6.54 Å². The zero-order valence-electron chi connectivity index (χ0n) is 21.0. The lowest BCUT2D eigenvalue weighted by Gasteiger charge is -2.29. The number of nitrogens with one attached hydrogen (secondary N) is 2. The summed E-state index contributed by atoms with van der Waals surface area (Å²) in [6, 6.07) is 1.12. The number of rotatable bonds is 6. The Hall–Kier alpha value is -2.99. The van der Waals surface area contributed by atoms with Gasteiger partial charge in [-0.15, -0.1) is 0 Å². The first kappa shape index (κ1) is 23.4. The summed E-state index contributed by atoms with van der Waals surface area (Å²) < 4.78 is 104. The number of carbonyl (C=O) groups excluding carboxylic acids is 2. The first-order valence-corrected chi connectivity index (χ1v) is 10.6. The molecule has 0 fully saturated rings. The number of aryl methyl sites for hydroxylation is 1. The van der Waals surface area contributed by atoms with Crippen molar-refractivity contribution in [3.8, 4) is 0 Å². The second kappa shape index (κ2) is 10.2. The molecule has 14 heteroatoms. The summed E-state index contributed by atoms with van der Waals surface area (Å²) in [6.07, 6.45) is -10.8. The monoisotopic (exact) mass is 561 g/mol. The second-order valence-electron chi connectivity index (χ2n) is 7.61. The molecular formula is C22H17Cl2F6N3O3. The van der Waals surface area contributed by atoms with Crippen molar-refractivity contribution in [2.45, 2.75) is 31.3 Å².